The Labute approximate surface area is 79.8 Å². The van der Waals surface area contributed by atoms with Gasteiger partial charge in [0.25, 0.3) is 0 Å². The fourth-order valence-corrected chi connectivity index (χ4v) is 1.64. The monoisotopic (exact) mass is 176 g/mol. The third-order valence-corrected chi connectivity index (χ3v) is 2.34. The minimum Gasteiger partial charge on any atom is -0.299 e. The van der Waals surface area contributed by atoms with Crippen LogP contribution >= 0.6 is 0 Å². The molecular weight excluding hydrogens is 160 g/mol. The second kappa shape index (κ2) is 4.22. The summed E-state index contributed by atoms with van der Waals surface area (Å²) in [6.07, 6.45) is 0.888. The fourth-order valence-electron chi connectivity index (χ4n) is 1.64. The molecule has 0 heterocycles. The van der Waals surface area contributed by atoms with Crippen molar-refractivity contribution < 1.29 is 4.79 Å². The number of aryl methyl sites for hydroxylation is 1. The fraction of sp³-hybridized carbons (Fsp3) is 0.417. The molecule has 13 heavy (non-hydrogen) atoms. The summed E-state index contributed by atoms with van der Waals surface area (Å²) < 4.78 is 0. The summed E-state index contributed by atoms with van der Waals surface area (Å²) in [5, 5.41) is 0. The Morgan fingerprint density at radius 2 is 2.15 bits per heavy atom. The van der Waals surface area contributed by atoms with Gasteiger partial charge in [0.2, 0.25) is 0 Å². The van der Waals surface area contributed by atoms with E-state index in [0.29, 0.717) is 0 Å². The molecule has 0 fully saturated rings. The van der Waals surface area contributed by atoms with Crippen molar-refractivity contribution in [1.29, 1.82) is 0 Å². The first-order chi connectivity index (χ1) is 6.15. The van der Waals surface area contributed by atoms with Crippen LogP contribution in [0.5, 0.6) is 0 Å². The molecule has 0 aliphatic carbocycles. The molecule has 70 valence electrons. The maximum atomic E-state index is 11.3. The van der Waals surface area contributed by atoms with Gasteiger partial charge in [-0.3, -0.25) is 4.79 Å². The van der Waals surface area contributed by atoms with E-state index >= 15 is 0 Å². The summed E-state index contributed by atoms with van der Waals surface area (Å²) in [5.74, 6) is 0.341. The van der Waals surface area contributed by atoms with Crippen LogP contribution in [0, 0.1) is 6.92 Å². The molecule has 0 radical (unpaired) electrons. The van der Waals surface area contributed by atoms with Gasteiger partial charge in [0, 0.05) is 5.92 Å². The highest BCUT2D eigenvalue weighted by Gasteiger charge is 2.13. The first-order valence-corrected chi connectivity index (χ1v) is 4.72. The highest BCUT2D eigenvalue weighted by atomic mass is 16.1. The molecule has 0 aliphatic heterocycles. The Kier molecular flexibility index (Phi) is 3.24. The minimum absolute atomic E-state index is 0.0832. The third-order valence-electron chi connectivity index (χ3n) is 2.34. The van der Waals surface area contributed by atoms with Gasteiger partial charge in [-0.2, -0.15) is 0 Å². The molecule has 1 atom stereocenters. The Bertz CT molecular complexity index is 302. The van der Waals surface area contributed by atoms with Crippen molar-refractivity contribution >= 4 is 5.78 Å². The molecule has 0 saturated heterocycles. The lowest BCUT2D eigenvalue weighted by molar-refractivity contribution is -0.118. The zero-order chi connectivity index (χ0) is 9.84. The first-order valence-electron chi connectivity index (χ1n) is 4.72. The van der Waals surface area contributed by atoms with E-state index in [1.807, 2.05) is 12.1 Å². The van der Waals surface area contributed by atoms with Crippen molar-refractivity contribution in [2.45, 2.75) is 33.1 Å². The van der Waals surface area contributed by atoms with E-state index in [9.17, 15) is 4.79 Å². The van der Waals surface area contributed by atoms with Crippen molar-refractivity contribution in [2.24, 2.45) is 0 Å². The van der Waals surface area contributed by atoms with Crippen LogP contribution in [-0.2, 0) is 4.79 Å². The Balaban J connectivity index is 2.98. The van der Waals surface area contributed by atoms with E-state index in [1.165, 1.54) is 5.56 Å². The molecule has 1 aromatic rings. The largest absolute Gasteiger partial charge is 0.299 e. The standard InChI is InChI=1S/C12H16O/c1-4-12(10(3)13)11-7-5-6-9(2)8-11/h5-8,12H,4H2,1-3H3/t12-/m0/s1. The van der Waals surface area contributed by atoms with E-state index in [0.717, 1.165) is 12.0 Å². The molecule has 0 N–H and O–H groups in total. The van der Waals surface area contributed by atoms with Gasteiger partial charge in [-0.25, -0.2) is 0 Å². The van der Waals surface area contributed by atoms with E-state index in [1.54, 1.807) is 6.92 Å². The smallest absolute Gasteiger partial charge is 0.137 e. The molecule has 0 aliphatic rings. The Morgan fingerprint density at radius 1 is 1.46 bits per heavy atom. The van der Waals surface area contributed by atoms with Crippen molar-refractivity contribution in [2.75, 3.05) is 0 Å². The van der Waals surface area contributed by atoms with Crippen LogP contribution in [-0.4, -0.2) is 5.78 Å². The van der Waals surface area contributed by atoms with Gasteiger partial charge >= 0.3 is 0 Å². The van der Waals surface area contributed by atoms with Crippen molar-refractivity contribution in [1.82, 2.24) is 0 Å². The van der Waals surface area contributed by atoms with Gasteiger partial charge < -0.3 is 0 Å². The number of hydrogen-bond acceptors (Lipinski definition) is 1. The minimum atomic E-state index is 0.0832. The molecule has 1 aromatic carbocycles. The van der Waals surface area contributed by atoms with Crippen molar-refractivity contribution in [3.05, 3.63) is 35.4 Å². The quantitative estimate of drug-likeness (QED) is 0.691. The molecule has 0 saturated carbocycles. The average Bonchev–Trinajstić information content (AvgIpc) is 2.04. The number of hydrogen-bond donors (Lipinski definition) is 0. The Morgan fingerprint density at radius 3 is 2.62 bits per heavy atom. The molecule has 0 bridgehead atoms. The van der Waals surface area contributed by atoms with Gasteiger partial charge in [-0.15, -0.1) is 0 Å². The molecular formula is C12H16O. The van der Waals surface area contributed by atoms with Crippen LogP contribution < -0.4 is 0 Å². The second-order valence-corrected chi connectivity index (χ2v) is 3.49. The summed E-state index contributed by atoms with van der Waals surface area (Å²) in [5.41, 5.74) is 2.37. The van der Waals surface area contributed by atoms with Crippen LogP contribution in [0.4, 0.5) is 0 Å². The van der Waals surface area contributed by atoms with Crippen LogP contribution in [0.25, 0.3) is 0 Å². The second-order valence-electron chi connectivity index (χ2n) is 3.49. The van der Waals surface area contributed by atoms with Gasteiger partial charge in [0.15, 0.2) is 0 Å². The van der Waals surface area contributed by atoms with E-state index < -0.39 is 0 Å². The predicted octanol–water partition coefficient (Wildman–Crippen LogP) is 3.08. The van der Waals surface area contributed by atoms with Crippen molar-refractivity contribution in [3.8, 4) is 0 Å². The lowest BCUT2D eigenvalue weighted by Gasteiger charge is -2.11. The summed E-state index contributed by atoms with van der Waals surface area (Å²) >= 11 is 0. The summed E-state index contributed by atoms with van der Waals surface area (Å²) in [7, 11) is 0. The van der Waals surface area contributed by atoms with Gasteiger partial charge in [-0.05, 0) is 25.8 Å². The number of Topliss-reactive ketones (excluding diaryl/α,β-unsaturated/α-hetero) is 1. The molecule has 1 nitrogen and oxygen atoms in total. The zero-order valence-corrected chi connectivity index (χ0v) is 8.50. The third kappa shape index (κ3) is 2.41. The van der Waals surface area contributed by atoms with E-state index in [4.69, 9.17) is 0 Å². The highest BCUT2D eigenvalue weighted by molar-refractivity contribution is 5.83. The number of carbonyl (C=O) groups is 1. The number of benzene rings is 1. The molecule has 1 rings (SSSR count). The van der Waals surface area contributed by atoms with Gasteiger partial charge in [0.05, 0.1) is 0 Å². The summed E-state index contributed by atoms with van der Waals surface area (Å²) in [6, 6.07) is 8.19. The Hall–Kier alpha value is -1.11. The average molecular weight is 176 g/mol. The highest BCUT2D eigenvalue weighted by Crippen LogP contribution is 2.20. The maximum Gasteiger partial charge on any atom is 0.137 e. The van der Waals surface area contributed by atoms with Crippen LogP contribution in [0.3, 0.4) is 0 Å². The van der Waals surface area contributed by atoms with E-state index in [2.05, 4.69) is 26.0 Å². The van der Waals surface area contributed by atoms with Crippen LogP contribution in [0.2, 0.25) is 0 Å². The molecule has 0 unspecified atom stereocenters. The SMILES string of the molecule is CC[C@@H](C(C)=O)c1cccc(C)c1. The van der Waals surface area contributed by atoms with E-state index in [-0.39, 0.29) is 11.7 Å². The van der Waals surface area contributed by atoms with Gasteiger partial charge in [-0.1, -0.05) is 36.8 Å². The zero-order valence-electron chi connectivity index (χ0n) is 8.50. The molecule has 0 spiro atoms. The molecule has 1 heteroatoms. The topological polar surface area (TPSA) is 17.1 Å². The van der Waals surface area contributed by atoms with Crippen LogP contribution in [0.15, 0.2) is 24.3 Å². The lowest BCUT2D eigenvalue weighted by atomic mass is 9.92. The first kappa shape index (κ1) is 9.97. The lowest BCUT2D eigenvalue weighted by Crippen LogP contribution is -2.07. The maximum absolute atomic E-state index is 11.3. The normalized spacial score (nSPS) is 12.5. The summed E-state index contributed by atoms with van der Waals surface area (Å²) in [6.45, 7) is 5.77. The van der Waals surface area contributed by atoms with Gasteiger partial charge in [0.1, 0.15) is 5.78 Å². The number of rotatable bonds is 3. The summed E-state index contributed by atoms with van der Waals surface area (Å²) in [4.78, 5) is 11.3. The molecule has 0 aromatic heterocycles. The number of ketones is 1. The van der Waals surface area contributed by atoms with Crippen molar-refractivity contribution in [3.63, 3.8) is 0 Å². The number of carbonyl (C=O) groups excluding carboxylic acids is 1. The molecule has 0 amide bonds. The van der Waals surface area contributed by atoms with Crippen LogP contribution in [0.1, 0.15) is 37.3 Å². The predicted molar refractivity (Wildman–Crippen MR) is 54.9 cm³/mol.